The Kier molecular flexibility index (Phi) is 4.94. The molecule has 0 atom stereocenters. The van der Waals surface area contributed by atoms with E-state index in [-0.39, 0.29) is 11.3 Å². The number of nitrogens with one attached hydrogen (secondary N) is 2. The van der Waals surface area contributed by atoms with E-state index in [0.29, 0.717) is 16.9 Å². The molecule has 7 heteroatoms. The molecule has 0 fully saturated rings. The zero-order valence-corrected chi connectivity index (χ0v) is 15.1. The van der Waals surface area contributed by atoms with Gasteiger partial charge in [0.05, 0.1) is 11.2 Å². The summed E-state index contributed by atoms with van der Waals surface area (Å²) < 4.78 is 13.0. The van der Waals surface area contributed by atoms with Crippen LogP contribution < -0.4 is 10.6 Å². The quantitative estimate of drug-likeness (QED) is 0.549. The van der Waals surface area contributed by atoms with E-state index < -0.39 is 17.6 Å². The Morgan fingerprint density at radius 3 is 2.41 bits per heavy atom. The van der Waals surface area contributed by atoms with Crippen LogP contribution in [0.4, 0.5) is 15.8 Å². The number of hydrogen-bond acceptors (Lipinski definition) is 4. The Bertz CT molecular complexity index is 1200. The van der Waals surface area contributed by atoms with Crippen LogP contribution in [0.15, 0.2) is 79.1 Å². The van der Waals surface area contributed by atoms with Gasteiger partial charge >= 0.3 is 0 Å². The number of benzene rings is 2. The highest BCUT2D eigenvalue weighted by Gasteiger charge is 2.14. The van der Waals surface area contributed by atoms with Gasteiger partial charge in [-0.15, -0.1) is 0 Å². The molecule has 0 bridgehead atoms. The fraction of sp³-hybridized carbons (Fsp3) is 0. The number of para-hydroxylation sites is 1. The average Bonchev–Trinajstić information content (AvgIpc) is 2.75. The molecule has 0 aliphatic rings. The molecule has 0 unspecified atom stereocenters. The molecule has 4 aromatic rings. The molecule has 0 spiro atoms. The summed E-state index contributed by atoms with van der Waals surface area (Å²) in [6.45, 7) is 0. The summed E-state index contributed by atoms with van der Waals surface area (Å²) in [6, 6.07) is 17.5. The van der Waals surface area contributed by atoms with Crippen molar-refractivity contribution in [3.8, 4) is 0 Å². The van der Waals surface area contributed by atoms with E-state index in [1.54, 1.807) is 12.3 Å². The first-order valence-corrected chi connectivity index (χ1v) is 8.78. The molecule has 142 valence electrons. The van der Waals surface area contributed by atoms with Crippen LogP contribution in [-0.4, -0.2) is 21.8 Å². The van der Waals surface area contributed by atoms with Gasteiger partial charge in [-0.05, 0) is 48.5 Å². The molecular formula is C22H15FN4O2. The van der Waals surface area contributed by atoms with Crippen LogP contribution in [0.3, 0.4) is 0 Å². The van der Waals surface area contributed by atoms with E-state index >= 15 is 0 Å². The van der Waals surface area contributed by atoms with Crippen LogP contribution in [0.5, 0.6) is 0 Å². The SMILES string of the molecule is O=C(Nc1ccc(F)cc1)c1ccnc(C(=O)Nc2cccc3cccnc23)c1. The van der Waals surface area contributed by atoms with Crippen molar-refractivity contribution in [2.24, 2.45) is 0 Å². The third-order valence-electron chi connectivity index (χ3n) is 4.24. The third-order valence-corrected chi connectivity index (χ3v) is 4.24. The van der Waals surface area contributed by atoms with Crippen molar-refractivity contribution in [3.05, 3.63) is 96.2 Å². The molecule has 0 radical (unpaired) electrons. The van der Waals surface area contributed by atoms with Crippen molar-refractivity contribution in [3.63, 3.8) is 0 Å². The van der Waals surface area contributed by atoms with Crippen LogP contribution in [0.2, 0.25) is 0 Å². The van der Waals surface area contributed by atoms with E-state index in [1.165, 1.54) is 42.6 Å². The van der Waals surface area contributed by atoms with E-state index in [0.717, 1.165) is 5.39 Å². The largest absolute Gasteiger partial charge is 0.322 e. The van der Waals surface area contributed by atoms with E-state index in [4.69, 9.17) is 0 Å². The number of carbonyl (C=O) groups is 2. The van der Waals surface area contributed by atoms with Crippen molar-refractivity contribution < 1.29 is 14.0 Å². The molecule has 0 aliphatic carbocycles. The highest BCUT2D eigenvalue weighted by atomic mass is 19.1. The minimum Gasteiger partial charge on any atom is -0.322 e. The molecule has 2 aromatic heterocycles. The van der Waals surface area contributed by atoms with E-state index in [1.807, 2.05) is 24.3 Å². The lowest BCUT2D eigenvalue weighted by Gasteiger charge is -2.09. The molecule has 2 amide bonds. The summed E-state index contributed by atoms with van der Waals surface area (Å²) in [5.41, 5.74) is 2.00. The number of amides is 2. The Morgan fingerprint density at radius 1 is 0.793 bits per heavy atom. The van der Waals surface area contributed by atoms with Crippen LogP contribution in [0.1, 0.15) is 20.8 Å². The number of halogens is 1. The maximum Gasteiger partial charge on any atom is 0.274 e. The minimum absolute atomic E-state index is 0.0877. The minimum atomic E-state index is -0.459. The number of anilines is 2. The predicted molar refractivity (Wildman–Crippen MR) is 108 cm³/mol. The second kappa shape index (κ2) is 7.85. The van der Waals surface area contributed by atoms with Gasteiger partial charge in [-0.1, -0.05) is 18.2 Å². The molecular weight excluding hydrogens is 371 g/mol. The van der Waals surface area contributed by atoms with Gasteiger partial charge in [-0.25, -0.2) is 4.39 Å². The predicted octanol–water partition coefficient (Wildman–Crippen LogP) is 4.27. The number of aromatic nitrogens is 2. The van der Waals surface area contributed by atoms with E-state index in [2.05, 4.69) is 20.6 Å². The zero-order valence-electron chi connectivity index (χ0n) is 15.1. The topological polar surface area (TPSA) is 84.0 Å². The van der Waals surface area contributed by atoms with Crippen LogP contribution in [-0.2, 0) is 0 Å². The third kappa shape index (κ3) is 4.08. The lowest BCUT2D eigenvalue weighted by molar-refractivity contribution is 0.102. The van der Waals surface area contributed by atoms with Gasteiger partial charge in [-0.2, -0.15) is 0 Å². The molecule has 0 aliphatic heterocycles. The average molecular weight is 386 g/mol. The first kappa shape index (κ1) is 18.2. The summed E-state index contributed by atoms with van der Waals surface area (Å²) in [6.07, 6.45) is 3.03. The second-order valence-corrected chi connectivity index (χ2v) is 6.23. The van der Waals surface area contributed by atoms with Crippen molar-refractivity contribution in [1.29, 1.82) is 0 Å². The Labute approximate surface area is 165 Å². The Balaban J connectivity index is 1.54. The van der Waals surface area contributed by atoms with E-state index in [9.17, 15) is 14.0 Å². The molecule has 29 heavy (non-hydrogen) atoms. The molecule has 0 saturated carbocycles. The van der Waals surface area contributed by atoms with Crippen molar-refractivity contribution >= 4 is 34.1 Å². The van der Waals surface area contributed by atoms with Gasteiger partial charge in [0.15, 0.2) is 0 Å². The standard InChI is InChI=1S/C22H15FN4O2/c23-16-6-8-17(9-7-16)26-21(28)15-10-12-24-19(13-15)22(29)27-18-5-1-3-14-4-2-11-25-20(14)18/h1-13H,(H,26,28)(H,27,29). The molecule has 2 N–H and O–H groups in total. The van der Waals surface area contributed by atoms with Crippen LogP contribution >= 0.6 is 0 Å². The number of pyridine rings is 2. The smallest absolute Gasteiger partial charge is 0.274 e. The molecule has 2 heterocycles. The molecule has 2 aromatic carbocycles. The normalized spacial score (nSPS) is 10.5. The summed E-state index contributed by atoms with van der Waals surface area (Å²) in [5.74, 6) is -1.28. The fourth-order valence-electron chi connectivity index (χ4n) is 2.82. The van der Waals surface area contributed by atoms with Crippen LogP contribution in [0.25, 0.3) is 10.9 Å². The number of nitrogens with zero attached hydrogens (tertiary/aromatic N) is 2. The first-order chi connectivity index (χ1) is 14.1. The van der Waals surface area contributed by atoms with Gasteiger partial charge < -0.3 is 10.6 Å². The Hall–Kier alpha value is -4.13. The number of rotatable bonds is 4. The monoisotopic (exact) mass is 386 g/mol. The highest BCUT2D eigenvalue weighted by molar-refractivity contribution is 6.09. The summed E-state index contributed by atoms with van der Waals surface area (Å²) in [7, 11) is 0. The van der Waals surface area contributed by atoms with Gasteiger partial charge in [0.2, 0.25) is 0 Å². The number of hydrogen-bond donors (Lipinski definition) is 2. The number of fused-ring (bicyclic) bond motifs is 1. The highest BCUT2D eigenvalue weighted by Crippen LogP contribution is 2.21. The van der Waals surface area contributed by atoms with Crippen molar-refractivity contribution in [1.82, 2.24) is 9.97 Å². The summed E-state index contributed by atoms with van der Waals surface area (Å²) in [5, 5.41) is 6.33. The van der Waals surface area contributed by atoms with Gasteiger partial charge in [0.1, 0.15) is 11.5 Å². The lowest BCUT2D eigenvalue weighted by atomic mass is 10.1. The lowest BCUT2D eigenvalue weighted by Crippen LogP contribution is -2.17. The van der Waals surface area contributed by atoms with Crippen molar-refractivity contribution in [2.75, 3.05) is 10.6 Å². The van der Waals surface area contributed by atoms with Crippen LogP contribution in [0, 0.1) is 5.82 Å². The summed E-state index contributed by atoms with van der Waals surface area (Å²) >= 11 is 0. The molecule has 0 saturated heterocycles. The maximum atomic E-state index is 13.0. The summed E-state index contributed by atoms with van der Waals surface area (Å²) in [4.78, 5) is 33.4. The molecule has 6 nitrogen and oxygen atoms in total. The first-order valence-electron chi connectivity index (χ1n) is 8.78. The Morgan fingerprint density at radius 2 is 1.59 bits per heavy atom. The van der Waals surface area contributed by atoms with Gasteiger partial charge in [0.25, 0.3) is 11.8 Å². The van der Waals surface area contributed by atoms with Gasteiger partial charge in [0, 0.05) is 29.0 Å². The second-order valence-electron chi connectivity index (χ2n) is 6.23. The van der Waals surface area contributed by atoms with Gasteiger partial charge in [-0.3, -0.25) is 19.6 Å². The number of carbonyl (C=O) groups excluding carboxylic acids is 2. The van der Waals surface area contributed by atoms with Crippen molar-refractivity contribution in [2.45, 2.75) is 0 Å². The molecule has 4 rings (SSSR count). The maximum absolute atomic E-state index is 13.0. The zero-order chi connectivity index (χ0) is 20.2. The fourth-order valence-corrected chi connectivity index (χ4v) is 2.82.